The summed E-state index contributed by atoms with van der Waals surface area (Å²) in [5.74, 6) is -33.7. The summed E-state index contributed by atoms with van der Waals surface area (Å²) in [5.41, 5.74) is 0. The van der Waals surface area contributed by atoms with Crippen molar-refractivity contribution in [2.24, 2.45) is 0 Å². The van der Waals surface area contributed by atoms with Crippen LogP contribution in [0.3, 0.4) is 0 Å². The van der Waals surface area contributed by atoms with Gasteiger partial charge in [-0.1, -0.05) is 0 Å². The highest BCUT2D eigenvalue weighted by Gasteiger charge is 2.95. The van der Waals surface area contributed by atoms with Crippen molar-refractivity contribution in [3.8, 4) is 0 Å². The summed E-state index contributed by atoms with van der Waals surface area (Å²) < 4.78 is 184. The molecule has 0 saturated carbocycles. The van der Waals surface area contributed by atoms with Gasteiger partial charge in [0.25, 0.3) is 0 Å². The number of carbonyl (C=O) groups excluding carboxylic acids is 2. The molecule has 1 saturated heterocycles. The maximum Gasteiger partial charge on any atom is 0.458 e. The fourth-order valence-corrected chi connectivity index (χ4v) is 1.63. The van der Waals surface area contributed by atoms with Gasteiger partial charge in [-0.3, -0.25) is 19.1 Å². The number of Topliss-reactive ketones (excluding diaryl/α,β-unsaturated/α-hetero) is 1. The molecule has 18 heteroatoms. The number of rotatable bonds is 3. The number of carbonyl (C=O) groups is 2. The lowest BCUT2D eigenvalue weighted by atomic mass is 9.94. The Bertz CT molecular complexity index is 654. The maximum absolute atomic E-state index is 14.1. The fraction of sp³-hybridized carbons (Fsp3) is 0.778. The molecule has 1 rings (SSSR count). The van der Waals surface area contributed by atoms with Crippen molar-refractivity contribution in [2.45, 2.75) is 41.9 Å². The Kier molecular flexibility index (Phi) is 4.88. The van der Waals surface area contributed by atoms with Gasteiger partial charge in [0.15, 0.2) is 0 Å². The van der Waals surface area contributed by atoms with E-state index in [1.54, 1.807) is 9.47 Å². The van der Waals surface area contributed by atoms with Crippen molar-refractivity contribution in [1.29, 1.82) is 0 Å². The van der Waals surface area contributed by atoms with E-state index in [2.05, 4.69) is 0 Å². The van der Waals surface area contributed by atoms with E-state index in [0.717, 1.165) is 0 Å². The molecule has 4 nitrogen and oxygen atoms in total. The van der Waals surface area contributed by atoms with E-state index in [4.69, 9.17) is 0 Å². The Morgan fingerprint density at radius 1 is 0.630 bits per heavy atom. The molecule has 0 N–H and O–H groups in total. The van der Waals surface area contributed by atoms with Gasteiger partial charge in [0.2, 0.25) is 0 Å². The molecule has 0 aromatic carbocycles. The molecule has 1 aliphatic heterocycles. The summed E-state index contributed by atoms with van der Waals surface area (Å²) in [6, 6.07) is -4.07. The monoisotopic (exact) mass is 438 g/mol. The third-order valence-corrected chi connectivity index (χ3v) is 2.93. The highest BCUT2D eigenvalue weighted by Crippen LogP contribution is 2.64. The van der Waals surface area contributed by atoms with E-state index in [9.17, 15) is 71.1 Å². The van der Waals surface area contributed by atoms with E-state index in [0.29, 0.717) is 0 Å². The normalized spacial score (nSPS) is 35.0. The quantitative estimate of drug-likeness (QED) is 0.385. The van der Waals surface area contributed by atoms with Crippen molar-refractivity contribution >= 4 is 11.8 Å². The van der Waals surface area contributed by atoms with Crippen LogP contribution in [0.25, 0.3) is 0 Å². The van der Waals surface area contributed by atoms with Crippen LogP contribution in [-0.4, -0.2) is 53.8 Å². The molecule has 3 atom stereocenters. The largest absolute Gasteiger partial charge is 0.458 e. The van der Waals surface area contributed by atoms with E-state index in [1.807, 2.05) is 0 Å². The Labute approximate surface area is 136 Å². The van der Waals surface area contributed by atoms with Crippen molar-refractivity contribution < 1.29 is 80.5 Å². The highest BCUT2D eigenvalue weighted by molar-refractivity contribution is 6.36. The van der Waals surface area contributed by atoms with E-state index in [-0.39, 0.29) is 0 Å². The first-order chi connectivity index (χ1) is 11.5. The summed E-state index contributed by atoms with van der Waals surface area (Å²) in [4.78, 5) is 20.4. The predicted octanol–water partition coefficient (Wildman–Crippen LogP) is 3.45. The first-order valence-corrected chi connectivity index (χ1v) is 5.62. The minimum atomic E-state index is -7.50. The van der Waals surface area contributed by atoms with Crippen molar-refractivity contribution in [2.75, 3.05) is 0 Å². The van der Waals surface area contributed by atoms with Crippen LogP contribution in [0.5, 0.6) is 0 Å². The molecule has 0 aromatic heterocycles. The van der Waals surface area contributed by atoms with Gasteiger partial charge < -0.3 is 0 Å². The van der Waals surface area contributed by atoms with Gasteiger partial charge in [0.1, 0.15) is 0 Å². The zero-order valence-electron chi connectivity index (χ0n) is 11.4. The average Bonchev–Trinajstić information content (AvgIpc) is 2.41. The molecule has 0 aromatic rings. The number of ketones is 1. The van der Waals surface area contributed by atoms with Gasteiger partial charge in [0, 0.05) is 0 Å². The van der Waals surface area contributed by atoms with Crippen LogP contribution in [0.15, 0.2) is 0 Å². The Morgan fingerprint density at radius 3 is 1.30 bits per heavy atom. The number of ether oxygens (including phenoxy) is 2. The van der Waals surface area contributed by atoms with Crippen molar-refractivity contribution in [3.05, 3.63) is 0 Å². The zero-order chi connectivity index (χ0) is 22.1. The Balaban J connectivity index is 3.90. The minimum Gasteiger partial charge on any atom is -0.284 e. The third kappa shape index (κ3) is 2.83. The molecule has 27 heavy (non-hydrogen) atoms. The molecular weight excluding hydrogens is 438 g/mol. The molecule has 0 amide bonds. The van der Waals surface area contributed by atoms with Crippen LogP contribution in [-0.2, 0) is 19.1 Å². The maximum atomic E-state index is 14.1. The summed E-state index contributed by atoms with van der Waals surface area (Å²) in [5, 5.41) is 0. The first-order valence-electron chi connectivity index (χ1n) is 5.62. The smallest absolute Gasteiger partial charge is 0.284 e. The minimum absolute atomic E-state index is 1.71. The summed E-state index contributed by atoms with van der Waals surface area (Å²) in [6.45, 7) is 0. The molecular formula is C9F14O4. The first kappa shape index (κ1) is 23.3. The Hall–Kier alpha value is -1.72. The van der Waals surface area contributed by atoms with Crippen LogP contribution < -0.4 is 0 Å². The fourth-order valence-electron chi connectivity index (χ4n) is 1.63. The second-order valence-electron chi connectivity index (χ2n) is 4.68. The topological polar surface area (TPSA) is 52.6 Å². The molecule has 1 aliphatic rings. The van der Waals surface area contributed by atoms with Gasteiger partial charge in [-0.15, -0.1) is 0 Å². The molecule has 0 bridgehead atoms. The van der Waals surface area contributed by atoms with Crippen LogP contribution in [0, 0.1) is 0 Å². The zero-order valence-corrected chi connectivity index (χ0v) is 11.4. The number of alkyl halides is 13. The standard InChI is InChI=1S/C9F14O4/c10-2(25)1(24)3(11,12)4(13)5(14,7(16,17)18)27-9(22,23)6(15,26-4)8(19,20)21. The predicted molar refractivity (Wildman–Crippen MR) is 46.8 cm³/mol. The lowest BCUT2D eigenvalue weighted by Crippen LogP contribution is -2.81. The number of halogens is 14. The van der Waals surface area contributed by atoms with Crippen molar-refractivity contribution in [1.82, 2.24) is 0 Å². The lowest BCUT2D eigenvalue weighted by Gasteiger charge is -2.51. The molecule has 1 heterocycles. The van der Waals surface area contributed by atoms with Crippen LogP contribution in [0.4, 0.5) is 61.5 Å². The second kappa shape index (κ2) is 5.65. The summed E-state index contributed by atoms with van der Waals surface area (Å²) in [6.07, 6.45) is -22.0. The SMILES string of the molecule is O=C(F)C(=O)C(F)(F)C1(F)OC(F)(C(F)(F)F)C(F)(F)OC1(F)C(F)(F)F. The number of hydrogen-bond acceptors (Lipinski definition) is 4. The third-order valence-electron chi connectivity index (χ3n) is 2.93. The molecule has 158 valence electrons. The van der Waals surface area contributed by atoms with Crippen LogP contribution in [0.2, 0.25) is 0 Å². The van der Waals surface area contributed by atoms with Crippen molar-refractivity contribution in [3.63, 3.8) is 0 Å². The number of hydrogen-bond donors (Lipinski definition) is 0. The van der Waals surface area contributed by atoms with Gasteiger partial charge in [-0.25, -0.2) is 0 Å². The van der Waals surface area contributed by atoms with E-state index in [1.165, 1.54) is 0 Å². The second-order valence-corrected chi connectivity index (χ2v) is 4.68. The Morgan fingerprint density at radius 2 is 1.00 bits per heavy atom. The van der Waals surface area contributed by atoms with Crippen LogP contribution >= 0.6 is 0 Å². The molecule has 0 radical (unpaired) electrons. The molecule has 0 spiro atoms. The van der Waals surface area contributed by atoms with Gasteiger partial charge in [0.05, 0.1) is 0 Å². The summed E-state index contributed by atoms with van der Waals surface area (Å²) >= 11 is 0. The lowest BCUT2D eigenvalue weighted by molar-refractivity contribution is -0.612. The summed E-state index contributed by atoms with van der Waals surface area (Å²) in [7, 11) is 0. The van der Waals surface area contributed by atoms with Gasteiger partial charge >= 0.3 is 53.8 Å². The highest BCUT2D eigenvalue weighted by atomic mass is 19.4. The molecule has 0 aliphatic carbocycles. The van der Waals surface area contributed by atoms with Gasteiger partial charge in [-0.2, -0.15) is 61.5 Å². The van der Waals surface area contributed by atoms with Crippen LogP contribution in [0.1, 0.15) is 0 Å². The van der Waals surface area contributed by atoms with E-state index < -0.39 is 53.8 Å². The average molecular weight is 438 g/mol. The van der Waals surface area contributed by atoms with E-state index >= 15 is 0 Å². The molecule has 1 fully saturated rings. The van der Waals surface area contributed by atoms with Gasteiger partial charge in [-0.05, 0) is 0 Å². The molecule has 3 unspecified atom stereocenters.